The first-order valence-corrected chi connectivity index (χ1v) is 7.89. The van der Waals surface area contributed by atoms with Gasteiger partial charge in [0.2, 0.25) is 0 Å². The molecule has 1 aliphatic rings. The Morgan fingerprint density at radius 3 is 2.50 bits per heavy atom. The standard InChI is InChI=1S/C16H31NO3/c1-11(2)17-15(16(18)19-5)8-9-20-14-7-6-12(3)13(4)10-14/h11-15,17H,6-10H2,1-5H3. The van der Waals surface area contributed by atoms with Gasteiger partial charge < -0.3 is 14.8 Å². The van der Waals surface area contributed by atoms with Crippen LogP contribution in [-0.4, -0.2) is 37.9 Å². The average Bonchev–Trinajstić information content (AvgIpc) is 2.40. The lowest BCUT2D eigenvalue weighted by Crippen LogP contribution is -2.42. The Bertz CT molecular complexity index is 293. The molecule has 4 heteroatoms. The van der Waals surface area contributed by atoms with Crippen LogP contribution < -0.4 is 5.32 Å². The molecule has 0 aromatic carbocycles. The zero-order valence-electron chi connectivity index (χ0n) is 13.6. The summed E-state index contributed by atoms with van der Waals surface area (Å²) < 4.78 is 10.8. The van der Waals surface area contributed by atoms with Crippen LogP contribution in [0.1, 0.15) is 53.4 Å². The second-order valence-corrected chi connectivity index (χ2v) is 6.45. The van der Waals surface area contributed by atoms with E-state index >= 15 is 0 Å². The summed E-state index contributed by atoms with van der Waals surface area (Å²) in [5.41, 5.74) is 0. The third-order valence-corrected chi connectivity index (χ3v) is 4.33. The van der Waals surface area contributed by atoms with E-state index in [1.54, 1.807) is 0 Å². The number of carbonyl (C=O) groups excluding carboxylic acids is 1. The maximum absolute atomic E-state index is 11.7. The summed E-state index contributed by atoms with van der Waals surface area (Å²) in [4.78, 5) is 11.7. The van der Waals surface area contributed by atoms with E-state index in [4.69, 9.17) is 9.47 Å². The van der Waals surface area contributed by atoms with Gasteiger partial charge >= 0.3 is 5.97 Å². The van der Waals surface area contributed by atoms with Crippen molar-refractivity contribution < 1.29 is 14.3 Å². The van der Waals surface area contributed by atoms with E-state index in [1.165, 1.54) is 13.5 Å². The summed E-state index contributed by atoms with van der Waals surface area (Å²) in [5, 5.41) is 3.23. The number of rotatable bonds is 7. The van der Waals surface area contributed by atoms with E-state index in [-0.39, 0.29) is 18.1 Å². The molecule has 0 bridgehead atoms. The lowest BCUT2D eigenvalue weighted by atomic mass is 9.80. The molecule has 1 aliphatic carbocycles. The van der Waals surface area contributed by atoms with E-state index in [1.807, 2.05) is 13.8 Å². The van der Waals surface area contributed by atoms with Gasteiger partial charge in [-0.25, -0.2) is 0 Å². The molecular formula is C16H31NO3. The number of ether oxygens (including phenoxy) is 2. The van der Waals surface area contributed by atoms with Crippen LogP contribution in [0.3, 0.4) is 0 Å². The van der Waals surface area contributed by atoms with Crippen molar-refractivity contribution in [2.45, 2.75) is 71.6 Å². The van der Waals surface area contributed by atoms with Crippen LogP contribution in [0, 0.1) is 11.8 Å². The molecule has 0 heterocycles. The Morgan fingerprint density at radius 1 is 1.25 bits per heavy atom. The fourth-order valence-corrected chi connectivity index (χ4v) is 2.82. The van der Waals surface area contributed by atoms with E-state index in [9.17, 15) is 4.79 Å². The average molecular weight is 285 g/mol. The van der Waals surface area contributed by atoms with E-state index in [0.29, 0.717) is 19.1 Å². The molecule has 0 aromatic heterocycles. The highest BCUT2D eigenvalue weighted by Crippen LogP contribution is 2.30. The lowest BCUT2D eigenvalue weighted by Gasteiger charge is -2.32. The molecule has 0 aliphatic heterocycles. The van der Waals surface area contributed by atoms with Gasteiger partial charge in [-0.2, -0.15) is 0 Å². The molecule has 1 rings (SSSR count). The van der Waals surface area contributed by atoms with Crippen molar-refractivity contribution in [2.24, 2.45) is 11.8 Å². The maximum atomic E-state index is 11.7. The summed E-state index contributed by atoms with van der Waals surface area (Å²) >= 11 is 0. The minimum Gasteiger partial charge on any atom is -0.468 e. The van der Waals surface area contributed by atoms with Gasteiger partial charge in [-0.05, 0) is 37.5 Å². The van der Waals surface area contributed by atoms with Crippen LogP contribution in [-0.2, 0) is 14.3 Å². The number of hydrogen-bond acceptors (Lipinski definition) is 4. The summed E-state index contributed by atoms with van der Waals surface area (Å²) in [5.74, 6) is 1.34. The van der Waals surface area contributed by atoms with Gasteiger partial charge in [0.25, 0.3) is 0 Å². The molecule has 4 unspecified atom stereocenters. The topological polar surface area (TPSA) is 47.6 Å². The molecule has 0 amide bonds. The van der Waals surface area contributed by atoms with Gasteiger partial charge in [0, 0.05) is 12.6 Å². The van der Waals surface area contributed by atoms with Gasteiger partial charge in [-0.3, -0.25) is 4.79 Å². The van der Waals surface area contributed by atoms with Crippen LogP contribution in [0.25, 0.3) is 0 Å². The first kappa shape index (κ1) is 17.4. The first-order valence-electron chi connectivity index (χ1n) is 7.89. The van der Waals surface area contributed by atoms with Crippen LogP contribution in [0.4, 0.5) is 0 Å². The Kier molecular flexibility index (Phi) is 7.52. The summed E-state index contributed by atoms with van der Waals surface area (Å²) in [6, 6.07) is -0.00501. The van der Waals surface area contributed by atoms with Crippen LogP contribution in [0.15, 0.2) is 0 Å². The quantitative estimate of drug-likeness (QED) is 0.731. The van der Waals surface area contributed by atoms with Gasteiger partial charge in [-0.15, -0.1) is 0 Å². The molecule has 4 nitrogen and oxygen atoms in total. The number of carbonyl (C=O) groups is 1. The minimum atomic E-state index is -0.264. The smallest absolute Gasteiger partial charge is 0.322 e. The first-order chi connectivity index (χ1) is 9.43. The number of nitrogens with one attached hydrogen (secondary N) is 1. The van der Waals surface area contributed by atoms with Crippen molar-refractivity contribution in [3.05, 3.63) is 0 Å². The van der Waals surface area contributed by atoms with Crippen molar-refractivity contribution in [3.63, 3.8) is 0 Å². The fraction of sp³-hybridized carbons (Fsp3) is 0.938. The minimum absolute atomic E-state index is 0.201. The molecule has 1 N–H and O–H groups in total. The van der Waals surface area contributed by atoms with Gasteiger partial charge in [0.1, 0.15) is 6.04 Å². The highest BCUT2D eigenvalue weighted by Gasteiger charge is 2.26. The largest absolute Gasteiger partial charge is 0.468 e. The third-order valence-electron chi connectivity index (χ3n) is 4.33. The highest BCUT2D eigenvalue weighted by atomic mass is 16.5. The zero-order chi connectivity index (χ0) is 15.1. The Morgan fingerprint density at radius 2 is 1.95 bits per heavy atom. The van der Waals surface area contributed by atoms with Crippen molar-refractivity contribution >= 4 is 5.97 Å². The molecule has 0 aromatic rings. The van der Waals surface area contributed by atoms with Gasteiger partial charge in [-0.1, -0.05) is 27.7 Å². The van der Waals surface area contributed by atoms with E-state index in [2.05, 4.69) is 19.2 Å². The van der Waals surface area contributed by atoms with Gasteiger partial charge in [0.15, 0.2) is 0 Å². The van der Waals surface area contributed by atoms with E-state index in [0.717, 1.165) is 24.7 Å². The number of methoxy groups -OCH3 is 1. The third kappa shape index (κ3) is 5.80. The number of hydrogen-bond donors (Lipinski definition) is 1. The Labute approximate surface area is 123 Å². The molecule has 118 valence electrons. The molecule has 0 saturated heterocycles. The molecule has 1 saturated carbocycles. The van der Waals surface area contributed by atoms with Crippen molar-refractivity contribution in [3.8, 4) is 0 Å². The monoisotopic (exact) mass is 285 g/mol. The van der Waals surface area contributed by atoms with Crippen molar-refractivity contribution in [1.82, 2.24) is 5.32 Å². The fourth-order valence-electron chi connectivity index (χ4n) is 2.82. The van der Waals surface area contributed by atoms with Gasteiger partial charge in [0.05, 0.1) is 13.2 Å². The molecule has 0 radical (unpaired) electrons. The van der Waals surface area contributed by atoms with Crippen molar-refractivity contribution in [1.29, 1.82) is 0 Å². The summed E-state index contributed by atoms with van der Waals surface area (Å²) in [6.45, 7) is 9.30. The van der Waals surface area contributed by atoms with Crippen LogP contribution in [0.2, 0.25) is 0 Å². The molecule has 1 fully saturated rings. The predicted octanol–water partition coefficient (Wildman–Crippen LogP) is 2.76. The maximum Gasteiger partial charge on any atom is 0.322 e. The predicted molar refractivity (Wildman–Crippen MR) is 80.6 cm³/mol. The zero-order valence-corrected chi connectivity index (χ0v) is 13.6. The normalized spacial score (nSPS) is 28.4. The van der Waals surface area contributed by atoms with Crippen LogP contribution >= 0.6 is 0 Å². The highest BCUT2D eigenvalue weighted by molar-refractivity contribution is 5.75. The second-order valence-electron chi connectivity index (χ2n) is 6.45. The molecule has 0 spiro atoms. The van der Waals surface area contributed by atoms with Crippen LogP contribution in [0.5, 0.6) is 0 Å². The molecule has 4 atom stereocenters. The number of esters is 1. The van der Waals surface area contributed by atoms with E-state index < -0.39 is 0 Å². The van der Waals surface area contributed by atoms with Crippen molar-refractivity contribution in [2.75, 3.05) is 13.7 Å². The summed E-state index contributed by atoms with van der Waals surface area (Å²) in [7, 11) is 1.43. The Balaban J connectivity index is 2.31. The Hall–Kier alpha value is -0.610. The summed E-state index contributed by atoms with van der Waals surface area (Å²) in [6.07, 6.45) is 4.56. The second kappa shape index (κ2) is 8.63. The molecule has 20 heavy (non-hydrogen) atoms. The molecular weight excluding hydrogens is 254 g/mol. The SMILES string of the molecule is COC(=O)C(CCOC1CCC(C)C(C)C1)NC(C)C. The lowest BCUT2D eigenvalue weighted by molar-refractivity contribution is -0.144.